The zero-order valence-electron chi connectivity index (χ0n) is 15.6. The normalized spacial score (nSPS) is 21.8. The summed E-state index contributed by atoms with van der Waals surface area (Å²) in [7, 11) is 3.98. The number of carbonyl (C=O) groups is 1. The van der Waals surface area contributed by atoms with Gasteiger partial charge in [-0.2, -0.15) is 0 Å². The van der Waals surface area contributed by atoms with Gasteiger partial charge < -0.3 is 15.5 Å². The Hall–Kier alpha value is -2.55. The maximum atomic E-state index is 12.8. The molecule has 4 N–H and O–H groups in total. The third-order valence-electron chi connectivity index (χ3n) is 5.04. The highest BCUT2D eigenvalue weighted by molar-refractivity contribution is 5.82. The molecule has 0 saturated carbocycles. The lowest BCUT2D eigenvalue weighted by Gasteiger charge is -2.32. The fourth-order valence-electron chi connectivity index (χ4n) is 3.65. The van der Waals surface area contributed by atoms with E-state index in [1.807, 2.05) is 54.2 Å². The molecule has 27 heavy (non-hydrogen) atoms. The van der Waals surface area contributed by atoms with E-state index in [4.69, 9.17) is 15.7 Å². The van der Waals surface area contributed by atoms with Crippen molar-refractivity contribution in [3.05, 3.63) is 41.6 Å². The molecule has 142 valence electrons. The van der Waals surface area contributed by atoms with Gasteiger partial charge in [-0.25, -0.2) is 20.8 Å². The number of rotatable bonds is 3. The number of anilines is 1. The van der Waals surface area contributed by atoms with Crippen LogP contribution < -0.4 is 21.5 Å². The Morgan fingerprint density at radius 2 is 2.00 bits per heavy atom. The Morgan fingerprint density at radius 3 is 2.67 bits per heavy atom. The van der Waals surface area contributed by atoms with E-state index in [-0.39, 0.29) is 18.1 Å². The van der Waals surface area contributed by atoms with E-state index >= 15 is 0 Å². The van der Waals surface area contributed by atoms with Crippen LogP contribution in [0.15, 0.2) is 30.3 Å². The van der Waals surface area contributed by atoms with Gasteiger partial charge in [0, 0.05) is 38.2 Å². The maximum Gasteiger partial charge on any atom is 0.241 e. The number of aromatic nitrogens is 2. The van der Waals surface area contributed by atoms with E-state index in [1.165, 1.54) is 0 Å². The second kappa shape index (κ2) is 7.22. The summed E-state index contributed by atoms with van der Waals surface area (Å²) in [6, 6.07) is 9.65. The average Bonchev–Trinajstić information content (AvgIpc) is 3.13. The highest BCUT2D eigenvalue weighted by Gasteiger charge is 2.33. The van der Waals surface area contributed by atoms with Gasteiger partial charge in [0.2, 0.25) is 5.91 Å². The van der Waals surface area contributed by atoms with E-state index < -0.39 is 0 Å². The van der Waals surface area contributed by atoms with Crippen LogP contribution in [0.1, 0.15) is 17.7 Å². The van der Waals surface area contributed by atoms with Crippen molar-refractivity contribution in [2.24, 2.45) is 5.73 Å². The molecule has 0 bridgehead atoms. The van der Waals surface area contributed by atoms with E-state index in [9.17, 15) is 4.79 Å². The Kier molecular flexibility index (Phi) is 4.77. The SMILES string of the molecule is CN(C)c1nc(-c2ccccc2)nc2c1CCN(C(=O)C1CC(N)NN1)C2. The van der Waals surface area contributed by atoms with Crippen molar-refractivity contribution in [3.8, 4) is 11.4 Å². The summed E-state index contributed by atoms with van der Waals surface area (Å²) >= 11 is 0. The number of nitrogens with zero attached hydrogens (tertiary/aromatic N) is 4. The van der Waals surface area contributed by atoms with Crippen LogP contribution in [0.3, 0.4) is 0 Å². The maximum absolute atomic E-state index is 12.8. The van der Waals surface area contributed by atoms with Gasteiger partial charge in [0.15, 0.2) is 5.82 Å². The number of hydrazine groups is 1. The van der Waals surface area contributed by atoms with Gasteiger partial charge in [0.25, 0.3) is 0 Å². The first-order chi connectivity index (χ1) is 13.0. The molecule has 8 heteroatoms. The topological polar surface area (TPSA) is 99.4 Å². The summed E-state index contributed by atoms with van der Waals surface area (Å²) in [6.07, 6.45) is 1.14. The Bertz CT molecular complexity index is 839. The van der Waals surface area contributed by atoms with Crippen LogP contribution in [0.25, 0.3) is 11.4 Å². The molecule has 1 aromatic carbocycles. The van der Waals surface area contributed by atoms with Crippen molar-refractivity contribution < 1.29 is 4.79 Å². The molecule has 2 atom stereocenters. The van der Waals surface area contributed by atoms with Crippen molar-refractivity contribution in [1.29, 1.82) is 0 Å². The van der Waals surface area contributed by atoms with E-state index in [0.717, 1.165) is 29.1 Å². The summed E-state index contributed by atoms with van der Waals surface area (Å²) < 4.78 is 0. The van der Waals surface area contributed by atoms with Crippen molar-refractivity contribution in [3.63, 3.8) is 0 Å². The first-order valence-corrected chi connectivity index (χ1v) is 9.21. The fraction of sp³-hybridized carbons (Fsp3) is 0.421. The summed E-state index contributed by atoms with van der Waals surface area (Å²) in [5.74, 6) is 1.68. The van der Waals surface area contributed by atoms with Gasteiger partial charge in [-0.15, -0.1) is 0 Å². The van der Waals surface area contributed by atoms with Crippen molar-refractivity contribution in [2.75, 3.05) is 25.5 Å². The zero-order chi connectivity index (χ0) is 19.0. The molecule has 1 fully saturated rings. The largest absolute Gasteiger partial charge is 0.362 e. The molecule has 2 unspecified atom stereocenters. The molecular formula is C19H25N7O. The number of amides is 1. The summed E-state index contributed by atoms with van der Waals surface area (Å²) in [5, 5.41) is 0. The lowest BCUT2D eigenvalue weighted by Crippen LogP contribution is -2.47. The van der Waals surface area contributed by atoms with Crippen LogP contribution in [0.2, 0.25) is 0 Å². The number of nitrogens with one attached hydrogen (secondary N) is 2. The van der Waals surface area contributed by atoms with Crippen LogP contribution in [0.5, 0.6) is 0 Å². The van der Waals surface area contributed by atoms with Gasteiger partial charge in [-0.3, -0.25) is 4.79 Å². The number of fused-ring (bicyclic) bond motifs is 1. The molecule has 0 radical (unpaired) electrons. The molecule has 2 aliphatic heterocycles. The Labute approximate surface area is 158 Å². The molecule has 3 heterocycles. The minimum absolute atomic E-state index is 0.0624. The van der Waals surface area contributed by atoms with Gasteiger partial charge in [0.1, 0.15) is 11.9 Å². The summed E-state index contributed by atoms with van der Waals surface area (Å²) in [4.78, 5) is 26.3. The lowest BCUT2D eigenvalue weighted by atomic mass is 10.0. The van der Waals surface area contributed by atoms with Crippen molar-refractivity contribution >= 4 is 11.7 Å². The molecule has 1 amide bonds. The minimum atomic E-state index is -0.287. The van der Waals surface area contributed by atoms with Gasteiger partial charge in [-0.05, 0) is 6.42 Å². The third-order valence-corrected chi connectivity index (χ3v) is 5.04. The monoisotopic (exact) mass is 367 g/mol. The predicted molar refractivity (Wildman–Crippen MR) is 104 cm³/mol. The molecule has 2 aromatic rings. The fourth-order valence-corrected chi connectivity index (χ4v) is 3.65. The molecule has 0 spiro atoms. The average molecular weight is 367 g/mol. The van der Waals surface area contributed by atoms with Crippen molar-refractivity contribution in [1.82, 2.24) is 25.7 Å². The van der Waals surface area contributed by atoms with E-state index in [1.54, 1.807) is 0 Å². The first-order valence-electron chi connectivity index (χ1n) is 9.21. The zero-order valence-corrected chi connectivity index (χ0v) is 15.6. The van der Waals surface area contributed by atoms with Crippen LogP contribution in [-0.4, -0.2) is 53.6 Å². The molecule has 8 nitrogen and oxygen atoms in total. The molecule has 1 saturated heterocycles. The summed E-state index contributed by atoms with van der Waals surface area (Å²) in [5.41, 5.74) is 14.7. The van der Waals surface area contributed by atoms with Gasteiger partial charge in [-0.1, -0.05) is 30.3 Å². The molecule has 4 rings (SSSR count). The predicted octanol–water partition coefficient (Wildman–Crippen LogP) is 0.246. The number of hydrogen-bond acceptors (Lipinski definition) is 7. The van der Waals surface area contributed by atoms with Crippen LogP contribution in [0, 0.1) is 0 Å². The smallest absolute Gasteiger partial charge is 0.241 e. The van der Waals surface area contributed by atoms with Crippen LogP contribution in [-0.2, 0) is 17.8 Å². The number of benzene rings is 1. The second-order valence-electron chi connectivity index (χ2n) is 7.25. The third kappa shape index (κ3) is 3.51. The summed E-state index contributed by atoms with van der Waals surface area (Å²) in [6.45, 7) is 1.15. The highest BCUT2D eigenvalue weighted by atomic mass is 16.2. The second-order valence-corrected chi connectivity index (χ2v) is 7.25. The Morgan fingerprint density at radius 1 is 1.22 bits per heavy atom. The van der Waals surface area contributed by atoms with E-state index in [2.05, 4.69) is 10.9 Å². The molecule has 2 aliphatic rings. The Balaban J connectivity index is 1.65. The standard InChI is InChI=1S/C19H25N7O/c1-25(2)18-13-8-9-26(19(27)14-10-16(20)24-23-14)11-15(13)21-17(22-18)12-6-4-3-5-7-12/h3-7,14,16,23-24H,8-11,20H2,1-2H3. The lowest BCUT2D eigenvalue weighted by molar-refractivity contribution is -0.134. The van der Waals surface area contributed by atoms with E-state index in [0.29, 0.717) is 25.3 Å². The van der Waals surface area contributed by atoms with Crippen LogP contribution in [0.4, 0.5) is 5.82 Å². The minimum Gasteiger partial charge on any atom is -0.362 e. The van der Waals surface area contributed by atoms with Crippen molar-refractivity contribution in [2.45, 2.75) is 31.6 Å². The highest BCUT2D eigenvalue weighted by Crippen LogP contribution is 2.29. The number of nitrogens with two attached hydrogens (primary N) is 1. The number of carbonyl (C=O) groups excluding carboxylic acids is 1. The first kappa shape index (κ1) is 17.8. The molecule has 1 aromatic heterocycles. The van der Waals surface area contributed by atoms with Crippen LogP contribution >= 0.6 is 0 Å². The molecular weight excluding hydrogens is 342 g/mol. The van der Waals surface area contributed by atoms with Gasteiger partial charge in [0.05, 0.1) is 18.4 Å². The number of hydrogen-bond donors (Lipinski definition) is 3. The molecule has 0 aliphatic carbocycles. The van der Waals surface area contributed by atoms with Gasteiger partial charge >= 0.3 is 0 Å². The quantitative estimate of drug-likeness (QED) is 0.715.